The molecule has 0 radical (unpaired) electrons. The van der Waals surface area contributed by atoms with Gasteiger partial charge in [0.25, 0.3) is 5.91 Å². The normalized spacial score (nSPS) is 10.3. The summed E-state index contributed by atoms with van der Waals surface area (Å²) in [4.78, 5) is 23.5. The van der Waals surface area contributed by atoms with Crippen LogP contribution in [0.5, 0.6) is 5.75 Å². The summed E-state index contributed by atoms with van der Waals surface area (Å²) in [5.74, 6) is -0.531. The summed E-state index contributed by atoms with van der Waals surface area (Å²) in [6.07, 6.45) is -0.685. The molecule has 0 aliphatic heterocycles. The fourth-order valence-corrected chi connectivity index (χ4v) is 2.33. The van der Waals surface area contributed by atoms with E-state index in [1.54, 1.807) is 18.2 Å². The van der Waals surface area contributed by atoms with Crippen LogP contribution in [0.25, 0.3) is 10.8 Å². The third-order valence-corrected chi connectivity index (χ3v) is 3.38. The summed E-state index contributed by atoms with van der Waals surface area (Å²) in [5, 5.41) is 4.59. The molecule has 0 heterocycles. The maximum Gasteiger partial charge on any atom is 0.417 e. The molecule has 3 rings (SSSR count). The molecule has 0 atom stereocenters. The summed E-state index contributed by atoms with van der Waals surface area (Å²) >= 11 is 0. The predicted molar refractivity (Wildman–Crippen MR) is 88.6 cm³/mol. The maximum absolute atomic E-state index is 12.1. The zero-order valence-electron chi connectivity index (χ0n) is 12.2. The molecular weight excluding hydrogens is 292 g/mol. The van der Waals surface area contributed by atoms with Crippen LogP contribution in [0, 0.1) is 0 Å². The standard InChI is InChI=1S/C18H14N2O3/c19-17(21)14-9-3-4-11-16(14)23-18(22)20-15-10-5-7-12-6-1-2-8-13(12)15/h1-11H,(H2,19,21)(H,20,22). The molecule has 23 heavy (non-hydrogen) atoms. The second-order valence-electron chi connectivity index (χ2n) is 4.90. The minimum Gasteiger partial charge on any atom is -0.409 e. The number of carbonyl (C=O) groups is 2. The molecule has 3 N–H and O–H groups in total. The maximum atomic E-state index is 12.1. The molecule has 0 saturated carbocycles. The molecule has 5 heteroatoms. The zero-order valence-corrected chi connectivity index (χ0v) is 12.2. The number of rotatable bonds is 3. The molecular formula is C18H14N2O3. The summed E-state index contributed by atoms with van der Waals surface area (Å²) < 4.78 is 5.21. The highest BCUT2D eigenvalue weighted by atomic mass is 16.6. The molecule has 0 fully saturated rings. The lowest BCUT2D eigenvalue weighted by Crippen LogP contribution is -2.20. The van der Waals surface area contributed by atoms with Crippen molar-refractivity contribution in [1.82, 2.24) is 0 Å². The Bertz CT molecular complexity index is 885. The molecule has 3 aromatic carbocycles. The van der Waals surface area contributed by atoms with Crippen molar-refractivity contribution in [3.63, 3.8) is 0 Å². The quantitative estimate of drug-likeness (QED) is 0.776. The van der Waals surface area contributed by atoms with Crippen LogP contribution in [-0.2, 0) is 0 Å². The lowest BCUT2D eigenvalue weighted by molar-refractivity contribution is 0.0998. The van der Waals surface area contributed by atoms with Crippen LogP contribution in [-0.4, -0.2) is 12.0 Å². The molecule has 3 aromatic rings. The van der Waals surface area contributed by atoms with Crippen LogP contribution in [0.1, 0.15) is 10.4 Å². The van der Waals surface area contributed by atoms with Crippen molar-refractivity contribution >= 4 is 28.5 Å². The van der Waals surface area contributed by atoms with E-state index < -0.39 is 12.0 Å². The van der Waals surface area contributed by atoms with Gasteiger partial charge < -0.3 is 10.5 Å². The van der Waals surface area contributed by atoms with E-state index >= 15 is 0 Å². The molecule has 0 saturated heterocycles. The fourth-order valence-electron chi connectivity index (χ4n) is 2.33. The Morgan fingerprint density at radius 2 is 1.57 bits per heavy atom. The number of fused-ring (bicyclic) bond motifs is 1. The van der Waals surface area contributed by atoms with Gasteiger partial charge in [0.05, 0.1) is 11.3 Å². The van der Waals surface area contributed by atoms with Crippen LogP contribution in [0.4, 0.5) is 10.5 Å². The van der Waals surface area contributed by atoms with E-state index in [0.717, 1.165) is 10.8 Å². The molecule has 0 aromatic heterocycles. The number of nitrogens with two attached hydrogens (primary N) is 1. The summed E-state index contributed by atoms with van der Waals surface area (Å²) in [6.45, 7) is 0. The van der Waals surface area contributed by atoms with Crippen molar-refractivity contribution in [2.75, 3.05) is 5.32 Å². The number of hydrogen-bond acceptors (Lipinski definition) is 3. The summed E-state index contributed by atoms with van der Waals surface area (Å²) in [6, 6.07) is 19.6. The van der Waals surface area contributed by atoms with Gasteiger partial charge in [0.2, 0.25) is 0 Å². The van der Waals surface area contributed by atoms with Crippen molar-refractivity contribution in [3.05, 3.63) is 72.3 Å². The smallest absolute Gasteiger partial charge is 0.409 e. The second kappa shape index (κ2) is 6.19. The Hall–Kier alpha value is -3.34. The lowest BCUT2D eigenvalue weighted by Gasteiger charge is -2.10. The predicted octanol–water partition coefficient (Wildman–Crippen LogP) is 3.55. The topological polar surface area (TPSA) is 81.4 Å². The number of amides is 2. The number of primary amides is 1. The Labute approximate surface area is 132 Å². The van der Waals surface area contributed by atoms with Gasteiger partial charge in [-0.25, -0.2) is 4.79 Å². The van der Waals surface area contributed by atoms with Crippen molar-refractivity contribution in [2.24, 2.45) is 5.73 Å². The van der Waals surface area contributed by atoms with Gasteiger partial charge in [0, 0.05) is 5.39 Å². The van der Waals surface area contributed by atoms with Crippen LogP contribution >= 0.6 is 0 Å². The van der Waals surface area contributed by atoms with E-state index in [1.807, 2.05) is 36.4 Å². The number of hydrogen-bond donors (Lipinski definition) is 2. The van der Waals surface area contributed by atoms with Crippen molar-refractivity contribution in [1.29, 1.82) is 0 Å². The number of carbonyl (C=O) groups excluding carboxylic acids is 2. The van der Waals surface area contributed by atoms with E-state index in [9.17, 15) is 9.59 Å². The lowest BCUT2D eigenvalue weighted by atomic mass is 10.1. The molecule has 2 amide bonds. The van der Waals surface area contributed by atoms with Crippen LogP contribution in [0.3, 0.4) is 0 Å². The van der Waals surface area contributed by atoms with Gasteiger partial charge >= 0.3 is 6.09 Å². The van der Waals surface area contributed by atoms with E-state index in [0.29, 0.717) is 5.69 Å². The van der Waals surface area contributed by atoms with Gasteiger partial charge in [-0.2, -0.15) is 0 Å². The second-order valence-corrected chi connectivity index (χ2v) is 4.90. The van der Waals surface area contributed by atoms with E-state index in [1.165, 1.54) is 12.1 Å². The van der Waals surface area contributed by atoms with Gasteiger partial charge in [-0.3, -0.25) is 10.1 Å². The first kappa shape index (κ1) is 14.6. The average molecular weight is 306 g/mol. The monoisotopic (exact) mass is 306 g/mol. The SMILES string of the molecule is NC(=O)c1ccccc1OC(=O)Nc1cccc2ccccc12. The third-order valence-electron chi connectivity index (χ3n) is 3.38. The Morgan fingerprint density at radius 3 is 2.39 bits per heavy atom. The Morgan fingerprint density at radius 1 is 0.870 bits per heavy atom. The fraction of sp³-hybridized carbons (Fsp3) is 0. The summed E-state index contributed by atoms with van der Waals surface area (Å²) in [7, 11) is 0. The average Bonchev–Trinajstić information content (AvgIpc) is 2.55. The summed E-state index contributed by atoms with van der Waals surface area (Å²) in [5.41, 5.74) is 6.05. The van der Waals surface area contributed by atoms with E-state index in [4.69, 9.17) is 10.5 Å². The Balaban J connectivity index is 1.84. The highest BCUT2D eigenvalue weighted by Crippen LogP contribution is 2.24. The number of ether oxygens (including phenoxy) is 1. The van der Waals surface area contributed by atoms with E-state index in [-0.39, 0.29) is 11.3 Å². The molecule has 0 bridgehead atoms. The van der Waals surface area contributed by atoms with Crippen molar-refractivity contribution in [2.45, 2.75) is 0 Å². The van der Waals surface area contributed by atoms with Gasteiger partial charge in [0.1, 0.15) is 5.75 Å². The highest BCUT2D eigenvalue weighted by molar-refractivity contribution is 6.01. The van der Waals surface area contributed by atoms with Crippen molar-refractivity contribution in [3.8, 4) is 5.75 Å². The molecule has 0 aliphatic carbocycles. The highest BCUT2D eigenvalue weighted by Gasteiger charge is 2.13. The first-order valence-corrected chi connectivity index (χ1v) is 7.00. The zero-order chi connectivity index (χ0) is 16.2. The number of para-hydroxylation sites is 1. The van der Waals surface area contributed by atoms with Gasteiger partial charge in [-0.05, 0) is 23.6 Å². The van der Waals surface area contributed by atoms with Gasteiger partial charge in [-0.15, -0.1) is 0 Å². The van der Waals surface area contributed by atoms with Crippen LogP contribution in [0.2, 0.25) is 0 Å². The number of benzene rings is 3. The molecule has 114 valence electrons. The largest absolute Gasteiger partial charge is 0.417 e. The first-order valence-electron chi connectivity index (χ1n) is 7.00. The third kappa shape index (κ3) is 3.13. The molecule has 5 nitrogen and oxygen atoms in total. The minimum absolute atomic E-state index is 0.123. The van der Waals surface area contributed by atoms with Gasteiger partial charge in [0.15, 0.2) is 0 Å². The van der Waals surface area contributed by atoms with E-state index in [2.05, 4.69) is 5.32 Å². The minimum atomic E-state index is -0.685. The van der Waals surface area contributed by atoms with Crippen LogP contribution < -0.4 is 15.8 Å². The first-order chi connectivity index (χ1) is 11.1. The van der Waals surface area contributed by atoms with Crippen molar-refractivity contribution < 1.29 is 14.3 Å². The molecule has 0 spiro atoms. The Kier molecular flexibility index (Phi) is 3.93. The number of anilines is 1. The molecule has 0 aliphatic rings. The van der Waals surface area contributed by atoms with Gasteiger partial charge in [-0.1, -0.05) is 48.5 Å². The van der Waals surface area contributed by atoms with Crippen LogP contribution in [0.15, 0.2) is 66.7 Å². The molecule has 0 unspecified atom stereocenters. The number of nitrogens with one attached hydrogen (secondary N) is 1.